The number of halogens is 2. The van der Waals surface area contributed by atoms with Crippen molar-refractivity contribution < 1.29 is 13.6 Å². The van der Waals surface area contributed by atoms with Gasteiger partial charge in [0.05, 0.1) is 17.6 Å². The fourth-order valence-corrected chi connectivity index (χ4v) is 3.04. The fourth-order valence-electron chi connectivity index (χ4n) is 3.04. The van der Waals surface area contributed by atoms with Crippen molar-refractivity contribution in [2.45, 2.75) is 19.8 Å². The van der Waals surface area contributed by atoms with Crippen LogP contribution in [0.3, 0.4) is 0 Å². The lowest BCUT2D eigenvalue weighted by Crippen LogP contribution is -2.32. The second kappa shape index (κ2) is 6.82. The van der Waals surface area contributed by atoms with Crippen LogP contribution in [0.4, 0.5) is 8.78 Å². The third-order valence-electron chi connectivity index (χ3n) is 4.52. The highest BCUT2D eigenvalue weighted by Crippen LogP contribution is 2.25. The number of carbonyl (C=O) groups excluding carboxylic acids is 1. The highest BCUT2D eigenvalue weighted by Gasteiger charge is 2.18. The van der Waals surface area contributed by atoms with Gasteiger partial charge in [0.15, 0.2) is 5.65 Å². The van der Waals surface area contributed by atoms with Gasteiger partial charge in [0.25, 0.3) is 6.43 Å². The van der Waals surface area contributed by atoms with Crippen molar-refractivity contribution in [3.05, 3.63) is 48.2 Å². The molecule has 3 aromatic rings. The summed E-state index contributed by atoms with van der Waals surface area (Å²) < 4.78 is 27.3. The van der Waals surface area contributed by atoms with Crippen LogP contribution in [0, 0.1) is 0 Å². The number of fused-ring (bicyclic) bond motifs is 1. The Hall–Kier alpha value is -3.23. The standard InChI is InChI=1S/C18H16F2N6O/c1-11(27)25-6-4-12(5-7-25)14-8-15(23-10-22-14)16-9-21-17-3-2-13(18(19)20)24-26(16)17/h2-4,8-10,18H,5-7H2,1H3. The lowest BCUT2D eigenvalue weighted by Gasteiger charge is -2.25. The Kier molecular flexibility index (Phi) is 4.35. The van der Waals surface area contributed by atoms with E-state index in [0.717, 1.165) is 11.3 Å². The Balaban J connectivity index is 1.70. The van der Waals surface area contributed by atoms with E-state index < -0.39 is 6.43 Å². The van der Waals surface area contributed by atoms with Gasteiger partial charge < -0.3 is 4.90 Å². The van der Waals surface area contributed by atoms with E-state index in [1.54, 1.807) is 24.1 Å². The van der Waals surface area contributed by atoms with Crippen molar-refractivity contribution in [2.24, 2.45) is 0 Å². The van der Waals surface area contributed by atoms with Gasteiger partial charge in [-0.05, 0) is 30.2 Å². The number of carbonyl (C=O) groups is 1. The zero-order valence-electron chi connectivity index (χ0n) is 14.5. The van der Waals surface area contributed by atoms with Crippen molar-refractivity contribution in [1.82, 2.24) is 29.5 Å². The van der Waals surface area contributed by atoms with E-state index in [2.05, 4.69) is 20.1 Å². The van der Waals surface area contributed by atoms with Crippen LogP contribution in [-0.2, 0) is 4.79 Å². The SMILES string of the molecule is CC(=O)N1CC=C(c2cc(-c3cnc4ccc(C(F)F)nn34)ncn2)CC1. The molecule has 0 unspecified atom stereocenters. The summed E-state index contributed by atoms with van der Waals surface area (Å²) in [6.07, 6.45) is 2.98. The first-order chi connectivity index (χ1) is 13.0. The number of alkyl halides is 2. The van der Waals surface area contributed by atoms with Crippen LogP contribution >= 0.6 is 0 Å². The summed E-state index contributed by atoms with van der Waals surface area (Å²) in [6.45, 7) is 2.72. The molecular formula is C18H16F2N6O. The molecule has 0 radical (unpaired) electrons. The third kappa shape index (κ3) is 3.27. The van der Waals surface area contributed by atoms with Gasteiger partial charge >= 0.3 is 0 Å². The zero-order chi connectivity index (χ0) is 19.0. The maximum Gasteiger partial charge on any atom is 0.282 e. The summed E-state index contributed by atoms with van der Waals surface area (Å²) in [5.41, 5.74) is 2.95. The third-order valence-corrected chi connectivity index (χ3v) is 4.52. The van der Waals surface area contributed by atoms with Crippen LogP contribution in [0.5, 0.6) is 0 Å². The Labute approximate surface area is 153 Å². The minimum atomic E-state index is -2.66. The van der Waals surface area contributed by atoms with Crippen LogP contribution in [0.15, 0.2) is 36.8 Å². The fraction of sp³-hybridized carbons (Fsp3) is 0.278. The number of rotatable bonds is 3. The first kappa shape index (κ1) is 17.2. The molecule has 27 heavy (non-hydrogen) atoms. The molecule has 0 atom stereocenters. The Bertz CT molecular complexity index is 1050. The molecule has 0 N–H and O–H groups in total. The summed E-state index contributed by atoms with van der Waals surface area (Å²) in [5.74, 6) is 0.0420. The van der Waals surface area contributed by atoms with E-state index in [4.69, 9.17) is 0 Å². The second-order valence-electron chi connectivity index (χ2n) is 6.21. The average molecular weight is 370 g/mol. The molecule has 1 aliphatic heterocycles. The zero-order valence-corrected chi connectivity index (χ0v) is 14.5. The molecule has 0 saturated carbocycles. The van der Waals surface area contributed by atoms with Crippen LogP contribution in [0.1, 0.15) is 31.2 Å². The van der Waals surface area contributed by atoms with Crippen LogP contribution in [0.25, 0.3) is 22.6 Å². The molecule has 138 valence electrons. The highest BCUT2D eigenvalue weighted by molar-refractivity contribution is 5.76. The molecule has 0 aliphatic carbocycles. The number of imidazole rings is 1. The normalized spacial score (nSPS) is 14.7. The number of amides is 1. The van der Waals surface area contributed by atoms with Crippen LogP contribution in [-0.4, -0.2) is 48.5 Å². The monoisotopic (exact) mass is 370 g/mol. The minimum absolute atomic E-state index is 0.0420. The van der Waals surface area contributed by atoms with E-state index in [-0.39, 0.29) is 11.6 Å². The first-order valence-corrected chi connectivity index (χ1v) is 8.43. The van der Waals surface area contributed by atoms with Gasteiger partial charge in [0, 0.05) is 20.0 Å². The highest BCUT2D eigenvalue weighted by atomic mass is 19.3. The summed E-state index contributed by atoms with van der Waals surface area (Å²) in [7, 11) is 0. The van der Waals surface area contributed by atoms with Gasteiger partial charge in [-0.3, -0.25) is 4.79 Å². The molecule has 0 spiro atoms. The quantitative estimate of drug-likeness (QED) is 0.709. The van der Waals surface area contributed by atoms with Gasteiger partial charge in [-0.25, -0.2) is 28.2 Å². The summed E-state index contributed by atoms with van der Waals surface area (Å²) in [4.78, 5) is 26.0. The van der Waals surface area contributed by atoms with Gasteiger partial charge in [-0.15, -0.1) is 0 Å². The van der Waals surface area contributed by atoms with Crippen molar-refractivity contribution in [3.8, 4) is 11.4 Å². The molecule has 0 bridgehead atoms. The molecule has 1 aliphatic rings. The molecule has 4 rings (SSSR count). The summed E-state index contributed by atoms with van der Waals surface area (Å²) in [6, 6.07) is 4.55. The molecule has 3 aromatic heterocycles. The molecule has 9 heteroatoms. The molecule has 0 aromatic carbocycles. The maximum atomic E-state index is 13.0. The number of aromatic nitrogens is 5. The van der Waals surface area contributed by atoms with Crippen molar-refractivity contribution in [3.63, 3.8) is 0 Å². The smallest absolute Gasteiger partial charge is 0.282 e. The van der Waals surface area contributed by atoms with Gasteiger partial charge in [0.2, 0.25) is 5.91 Å². The van der Waals surface area contributed by atoms with Gasteiger partial charge in [0.1, 0.15) is 17.7 Å². The lowest BCUT2D eigenvalue weighted by atomic mass is 10.0. The molecule has 7 nitrogen and oxygen atoms in total. The molecule has 1 amide bonds. The lowest BCUT2D eigenvalue weighted by molar-refractivity contribution is -0.128. The number of nitrogens with zero attached hydrogens (tertiary/aromatic N) is 6. The molecule has 0 saturated heterocycles. The van der Waals surface area contributed by atoms with Crippen molar-refractivity contribution in [2.75, 3.05) is 13.1 Å². The first-order valence-electron chi connectivity index (χ1n) is 8.43. The van der Waals surface area contributed by atoms with Gasteiger partial charge in [-0.2, -0.15) is 5.10 Å². The molecule has 4 heterocycles. The van der Waals surface area contributed by atoms with Crippen LogP contribution < -0.4 is 0 Å². The van der Waals surface area contributed by atoms with E-state index in [1.807, 2.05) is 6.08 Å². The maximum absolute atomic E-state index is 13.0. The summed E-state index contributed by atoms with van der Waals surface area (Å²) in [5, 5.41) is 3.97. The van der Waals surface area contributed by atoms with Crippen molar-refractivity contribution in [1.29, 1.82) is 0 Å². The van der Waals surface area contributed by atoms with E-state index in [0.29, 0.717) is 36.5 Å². The average Bonchev–Trinajstić information content (AvgIpc) is 3.11. The van der Waals surface area contributed by atoms with Gasteiger partial charge in [-0.1, -0.05) is 6.08 Å². The number of hydrogen-bond donors (Lipinski definition) is 0. The number of hydrogen-bond acceptors (Lipinski definition) is 5. The molecule has 0 fully saturated rings. The topological polar surface area (TPSA) is 76.3 Å². The predicted octanol–water partition coefficient (Wildman–Crippen LogP) is 2.76. The Morgan fingerprint density at radius 1 is 1.19 bits per heavy atom. The van der Waals surface area contributed by atoms with E-state index in [9.17, 15) is 13.6 Å². The predicted molar refractivity (Wildman–Crippen MR) is 93.8 cm³/mol. The van der Waals surface area contributed by atoms with E-state index in [1.165, 1.54) is 23.0 Å². The molecular weight excluding hydrogens is 354 g/mol. The van der Waals surface area contributed by atoms with Crippen LogP contribution in [0.2, 0.25) is 0 Å². The minimum Gasteiger partial charge on any atom is -0.339 e. The van der Waals surface area contributed by atoms with Crippen molar-refractivity contribution >= 4 is 17.1 Å². The second-order valence-corrected chi connectivity index (χ2v) is 6.21. The Morgan fingerprint density at radius 3 is 2.70 bits per heavy atom. The van der Waals surface area contributed by atoms with E-state index >= 15 is 0 Å². The summed E-state index contributed by atoms with van der Waals surface area (Å²) >= 11 is 0. The Morgan fingerprint density at radius 2 is 2.00 bits per heavy atom. The largest absolute Gasteiger partial charge is 0.339 e.